The molecule has 0 aliphatic heterocycles. The summed E-state index contributed by atoms with van der Waals surface area (Å²) < 4.78 is 0. The van der Waals surface area contributed by atoms with Gasteiger partial charge < -0.3 is 0 Å². The smallest absolute Gasteiger partial charge is 0.274 e. The van der Waals surface area contributed by atoms with Crippen LogP contribution in [-0.4, -0.2) is 30.1 Å². The maximum absolute atomic E-state index is 11.9. The van der Waals surface area contributed by atoms with Crippen LogP contribution in [0.2, 0.25) is 0 Å². The number of hydrogen-bond acceptors (Lipinski definition) is 3. The van der Waals surface area contributed by atoms with E-state index in [1.54, 1.807) is 13.1 Å². The van der Waals surface area contributed by atoms with Crippen molar-refractivity contribution >= 4 is 5.91 Å². The van der Waals surface area contributed by atoms with Gasteiger partial charge >= 0.3 is 0 Å². The molecule has 4 heteroatoms. The number of carbonyl (C=O) groups is 1. The third kappa shape index (κ3) is 2.55. The molecular formula is C14H14N2O2. The van der Waals surface area contributed by atoms with Gasteiger partial charge in [-0.05, 0) is 12.1 Å². The van der Waals surface area contributed by atoms with Crippen molar-refractivity contribution in [2.45, 2.75) is 0 Å². The average Bonchev–Trinajstić information content (AvgIpc) is 2.46. The zero-order chi connectivity index (χ0) is 13.0. The minimum atomic E-state index is -0.268. The molecule has 2 rings (SSSR count). The molecule has 0 aliphatic rings. The number of benzene rings is 1. The minimum absolute atomic E-state index is 0.268. The van der Waals surface area contributed by atoms with Crippen LogP contribution in [0.3, 0.4) is 0 Å². The number of aromatic nitrogens is 1. The van der Waals surface area contributed by atoms with Crippen molar-refractivity contribution in [3.63, 3.8) is 0 Å². The number of nitrogens with zero attached hydrogens (tertiary/aromatic N) is 2. The van der Waals surface area contributed by atoms with Gasteiger partial charge in [-0.3, -0.25) is 9.63 Å². The lowest BCUT2D eigenvalue weighted by Crippen LogP contribution is -2.26. The Morgan fingerprint density at radius 1 is 1.11 bits per heavy atom. The molecule has 0 bridgehead atoms. The number of hydroxylamine groups is 2. The maximum atomic E-state index is 11.9. The molecule has 18 heavy (non-hydrogen) atoms. The predicted molar refractivity (Wildman–Crippen MR) is 68.8 cm³/mol. The molecule has 1 amide bonds. The molecule has 2 aromatic rings. The highest BCUT2D eigenvalue weighted by Gasteiger charge is 2.13. The molecule has 0 saturated carbocycles. The number of amides is 1. The fraction of sp³-hybridized carbons (Fsp3) is 0.143. The van der Waals surface area contributed by atoms with E-state index in [0.717, 1.165) is 16.3 Å². The lowest BCUT2D eigenvalue weighted by atomic mass is 10.1. The Morgan fingerprint density at radius 2 is 1.83 bits per heavy atom. The molecular weight excluding hydrogens is 228 g/mol. The van der Waals surface area contributed by atoms with E-state index in [4.69, 9.17) is 4.84 Å². The first-order valence-corrected chi connectivity index (χ1v) is 5.57. The first-order chi connectivity index (χ1) is 8.72. The minimum Gasteiger partial charge on any atom is -0.274 e. The van der Waals surface area contributed by atoms with Crippen LogP contribution in [0, 0.1) is 0 Å². The second-order valence-corrected chi connectivity index (χ2v) is 3.76. The fourth-order valence-electron chi connectivity index (χ4n) is 1.57. The standard InChI is InChI=1S/C14H14N2O2/c1-16(18-2)14(17)13-10-6-9-12(15-13)11-7-4-3-5-8-11/h3-10H,1-2H3. The van der Waals surface area contributed by atoms with Crippen LogP contribution in [0.4, 0.5) is 0 Å². The molecule has 0 aliphatic carbocycles. The number of rotatable bonds is 3. The van der Waals surface area contributed by atoms with Crippen LogP contribution in [0.1, 0.15) is 10.5 Å². The number of hydrogen-bond donors (Lipinski definition) is 0. The van der Waals surface area contributed by atoms with Crippen LogP contribution in [-0.2, 0) is 4.84 Å². The molecule has 1 aromatic carbocycles. The second-order valence-electron chi connectivity index (χ2n) is 3.76. The van der Waals surface area contributed by atoms with Crippen molar-refractivity contribution in [3.8, 4) is 11.3 Å². The maximum Gasteiger partial charge on any atom is 0.295 e. The van der Waals surface area contributed by atoms with Crippen molar-refractivity contribution < 1.29 is 9.63 Å². The molecule has 4 nitrogen and oxygen atoms in total. The molecule has 0 unspecified atom stereocenters. The van der Waals surface area contributed by atoms with E-state index in [0.29, 0.717) is 5.69 Å². The van der Waals surface area contributed by atoms with Crippen molar-refractivity contribution in [1.82, 2.24) is 10.0 Å². The summed E-state index contributed by atoms with van der Waals surface area (Å²) in [6.45, 7) is 0. The Bertz CT molecular complexity index is 541. The highest BCUT2D eigenvalue weighted by molar-refractivity contribution is 5.91. The Balaban J connectivity index is 2.34. The molecule has 1 aromatic heterocycles. The Labute approximate surface area is 106 Å². The third-order valence-corrected chi connectivity index (χ3v) is 2.60. The third-order valence-electron chi connectivity index (χ3n) is 2.60. The van der Waals surface area contributed by atoms with Gasteiger partial charge in [-0.1, -0.05) is 36.4 Å². The van der Waals surface area contributed by atoms with Crippen molar-refractivity contribution in [3.05, 3.63) is 54.2 Å². The van der Waals surface area contributed by atoms with Gasteiger partial charge in [0.15, 0.2) is 0 Å². The Kier molecular flexibility index (Phi) is 3.69. The highest BCUT2D eigenvalue weighted by atomic mass is 16.7. The Hall–Kier alpha value is -2.20. The summed E-state index contributed by atoms with van der Waals surface area (Å²) in [6.07, 6.45) is 0. The highest BCUT2D eigenvalue weighted by Crippen LogP contribution is 2.16. The summed E-state index contributed by atoms with van der Waals surface area (Å²) in [6, 6.07) is 15.1. The topological polar surface area (TPSA) is 42.4 Å². The lowest BCUT2D eigenvalue weighted by molar-refractivity contribution is -0.0760. The summed E-state index contributed by atoms with van der Waals surface area (Å²) in [4.78, 5) is 21.1. The van der Waals surface area contributed by atoms with E-state index >= 15 is 0 Å². The quantitative estimate of drug-likeness (QED) is 0.776. The monoisotopic (exact) mass is 242 g/mol. The van der Waals surface area contributed by atoms with Crippen LogP contribution in [0.25, 0.3) is 11.3 Å². The largest absolute Gasteiger partial charge is 0.295 e. The van der Waals surface area contributed by atoms with Crippen molar-refractivity contribution in [2.75, 3.05) is 14.2 Å². The van der Waals surface area contributed by atoms with Gasteiger partial charge in [0.2, 0.25) is 0 Å². The normalized spacial score (nSPS) is 10.1. The summed E-state index contributed by atoms with van der Waals surface area (Å²) in [5.41, 5.74) is 2.11. The predicted octanol–water partition coefficient (Wildman–Crippen LogP) is 2.38. The van der Waals surface area contributed by atoms with Gasteiger partial charge in [-0.15, -0.1) is 0 Å². The SMILES string of the molecule is CON(C)C(=O)c1cccc(-c2ccccc2)n1. The fourth-order valence-corrected chi connectivity index (χ4v) is 1.57. The van der Waals surface area contributed by atoms with Gasteiger partial charge in [0.05, 0.1) is 12.8 Å². The van der Waals surface area contributed by atoms with Crippen molar-refractivity contribution in [2.24, 2.45) is 0 Å². The van der Waals surface area contributed by atoms with E-state index in [1.807, 2.05) is 42.5 Å². The summed E-state index contributed by atoms with van der Waals surface area (Å²) in [5.74, 6) is -0.268. The van der Waals surface area contributed by atoms with E-state index in [-0.39, 0.29) is 5.91 Å². The van der Waals surface area contributed by atoms with Crippen molar-refractivity contribution in [1.29, 1.82) is 0 Å². The van der Waals surface area contributed by atoms with E-state index in [1.165, 1.54) is 7.11 Å². The van der Waals surface area contributed by atoms with Gasteiger partial charge in [-0.25, -0.2) is 10.0 Å². The molecule has 0 N–H and O–H groups in total. The molecule has 1 heterocycles. The first-order valence-electron chi connectivity index (χ1n) is 5.57. The van der Waals surface area contributed by atoms with Gasteiger partial charge in [-0.2, -0.15) is 0 Å². The summed E-state index contributed by atoms with van der Waals surface area (Å²) in [7, 11) is 3.00. The van der Waals surface area contributed by atoms with E-state index in [2.05, 4.69) is 4.98 Å². The van der Waals surface area contributed by atoms with Crippen LogP contribution < -0.4 is 0 Å². The van der Waals surface area contributed by atoms with Crippen LogP contribution in [0.5, 0.6) is 0 Å². The summed E-state index contributed by atoms with van der Waals surface area (Å²) >= 11 is 0. The van der Waals surface area contributed by atoms with Crippen LogP contribution in [0.15, 0.2) is 48.5 Å². The second kappa shape index (κ2) is 5.42. The number of carbonyl (C=O) groups excluding carboxylic acids is 1. The number of pyridine rings is 1. The van der Waals surface area contributed by atoms with Gasteiger partial charge in [0, 0.05) is 12.6 Å². The van der Waals surface area contributed by atoms with Gasteiger partial charge in [0.1, 0.15) is 5.69 Å². The lowest BCUT2D eigenvalue weighted by Gasteiger charge is -2.13. The summed E-state index contributed by atoms with van der Waals surface area (Å²) in [5, 5.41) is 1.15. The Morgan fingerprint density at radius 3 is 2.50 bits per heavy atom. The average molecular weight is 242 g/mol. The molecule has 0 atom stereocenters. The molecule has 0 saturated heterocycles. The van der Waals surface area contributed by atoms with Crippen LogP contribution >= 0.6 is 0 Å². The van der Waals surface area contributed by atoms with Gasteiger partial charge in [0.25, 0.3) is 5.91 Å². The molecule has 0 fully saturated rings. The van der Waals surface area contributed by atoms with E-state index < -0.39 is 0 Å². The van der Waals surface area contributed by atoms with E-state index in [9.17, 15) is 4.79 Å². The molecule has 0 spiro atoms. The first kappa shape index (κ1) is 12.3. The molecule has 92 valence electrons. The zero-order valence-electron chi connectivity index (χ0n) is 10.3. The zero-order valence-corrected chi connectivity index (χ0v) is 10.3. The molecule has 0 radical (unpaired) electrons.